The molecule has 7 heteroatoms. The Morgan fingerprint density at radius 3 is 2.22 bits per heavy atom. The molecular weight excluding hydrogens is 314 g/mol. The van der Waals surface area contributed by atoms with Crippen LogP contribution >= 0.6 is 11.6 Å². The van der Waals surface area contributed by atoms with Gasteiger partial charge in [-0.2, -0.15) is 0 Å². The van der Waals surface area contributed by atoms with Gasteiger partial charge in [-0.3, -0.25) is 4.48 Å². The molecule has 5 heterocycles. The Morgan fingerprint density at radius 1 is 1.00 bits per heavy atom. The van der Waals surface area contributed by atoms with Gasteiger partial charge in [0.1, 0.15) is 32.2 Å². The Morgan fingerprint density at radius 2 is 1.61 bits per heavy atom. The van der Waals surface area contributed by atoms with Crippen molar-refractivity contribution in [2.75, 3.05) is 40.0 Å². The molecule has 0 atom stereocenters. The van der Waals surface area contributed by atoms with Gasteiger partial charge < -0.3 is 4.52 Å². The average molecular weight is 333 g/mol. The summed E-state index contributed by atoms with van der Waals surface area (Å²) < 4.78 is 6.66. The molecule has 0 amide bonds. The SMILES string of the molecule is Clc1ccc(-c2cc(C[N+]34CN5CN(CN(C5)C3)C4)on2)cc1. The van der Waals surface area contributed by atoms with Gasteiger partial charge in [-0.25, -0.2) is 14.7 Å². The van der Waals surface area contributed by atoms with Crippen LogP contribution in [0.2, 0.25) is 5.02 Å². The van der Waals surface area contributed by atoms with Crippen molar-refractivity contribution in [3.63, 3.8) is 0 Å². The van der Waals surface area contributed by atoms with Crippen LogP contribution in [0.25, 0.3) is 11.3 Å². The smallest absolute Gasteiger partial charge is 0.191 e. The van der Waals surface area contributed by atoms with E-state index in [4.69, 9.17) is 16.1 Å². The number of quaternary nitrogens is 1. The van der Waals surface area contributed by atoms with E-state index in [1.165, 1.54) is 0 Å². The number of aromatic nitrogens is 1. The molecule has 0 radical (unpaired) electrons. The van der Waals surface area contributed by atoms with Crippen LogP contribution in [0.1, 0.15) is 5.76 Å². The third-order valence-electron chi connectivity index (χ3n) is 4.89. The van der Waals surface area contributed by atoms with E-state index in [1.807, 2.05) is 24.3 Å². The first kappa shape index (κ1) is 13.9. The van der Waals surface area contributed by atoms with E-state index in [0.717, 1.165) is 73.1 Å². The normalized spacial score (nSPS) is 34.9. The van der Waals surface area contributed by atoms with Crippen molar-refractivity contribution in [3.05, 3.63) is 41.1 Å². The van der Waals surface area contributed by atoms with Gasteiger partial charge in [0.2, 0.25) is 0 Å². The number of hydrogen-bond acceptors (Lipinski definition) is 5. The first-order chi connectivity index (χ1) is 11.2. The lowest BCUT2D eigenvalue weighted by atomic mass is 10.1. The van der Waals surface area contributed by atoms with E-state index >= 15 is 0 Å². The molecule has 1 aromatic carbocycles. The first-order valence-corrected chi connectivity index (χ1v) is 8.29. The summed E-state index contributed by atoms with van der Waals surface area (Å²) in [7, 11) is 0. The minimum atomic E-state index is 0.736. The van der Waals surface area contributed by atoms with Crippen LogP contribution in [0.4, 0.5) is 0 Å². The number of nitrogens with zero attached hydrogens (tertiary/aromatic N) is 5. The summed E-state index contributed by atoms with van der Waals surface area (Å²) in [6, 6.07) is 9.79. The Labute approximate surface area is 140 Å². The molecule has 0 spiro atoms. The third-order valence-corrected chi connectivity index (χ3v) is 5.14. The number of halogens is 1. The zero-order valence-corrected chi connectivity index (χ0v) is 13.6. The molecule has 23 heavy (non-hydrogen) atoms. The highest BCUT2D eigenvalue weighted by molar-refractivity contribution is 6.30. The summed E-state index contributed by atoms with van der Waals surface area (Å²) >= 11 is 5.95. The summed E-state index contributed by atoms with van der Waals surface area (Å²) in [6.07, 6.45) is 0. The van der Waals surface area contributed by atoms with Crippen LogP contribution in [-0.2, 0) is 6.54 Å². The Bertz CT molecular complexity index is 693. The predicted octanol–water partition coefficient (Wildman–Crippen LogP) is 2.00. The summed E-state index contributed by atoms with van der Waals surface area (Å²) in [4.78, 5) is 7.52. The summed E-state index contributed by atoms with van der Waals surface area (Å²) in [5, 5.41) is 4.98. The lowest BCUT2D eigenvalue weighted by Crippen LogP contribution is -2.78. The second-order valence-corrected chi connectivity index (χ2v) is 7.48. The van der Waals surface area contributed by atoms with E-state index in [0.29, 0.717) is 0 Å². The van der Waals surface area contributed by atoms with E-state index in [2.05, 4.69) is 25.9 Å². The molecule has 0 unspecified atom stereocenters. The lowest BCUT2D eigenvalue weighted by Gasteiger charge is -2.60. The second-order valence-electron chi connectivity index (χ2n) is 7.05. The van der Waals surface area contributed by atoms with E-state index in [-0.39, 0.29) is 0 Å². The summed E-state index contributed by atoms with van der Waals surface area (Å²) in [5.74, 6) is 0.959. The summed E-state index contributed by atoms with van der Waals surface area (Å²) in [6.45, 7) is 7.50. The Hall–Kier alpha value is -1.44. The van der Waals surface area contributed by atoms with E-state index in [9.17, 15) is 0 Å². The molecule has 0 saturated carbocycles. The number of benzene rings is 1. The Balaban J connectivity index is 1.38. The molecule has 4 bridgehead atoms. The molecule has 120 valence electrons. The third kappa shape index (κ3) is 2.47. The maximum atomic E-state index is 5.95. The van der Waals surface area contributed by atoms with Gasteiger partial charge >= 0.3 is 0 Å². The molecule has 4 aliphatic heterocycles. The number of rotatable bonds is 3. The van der Waals surface area contributed by atoms with Gasteiger partial charge in [-0.15, -0.1) is 0 Å². The van der Waals surface area contributed by atoms with Gasteiger partial charge in [0.25, 0.3) is 0 Å². The summed E-state index contributed by atoms with van der Waals surface area (Å²) in [5.41, 5.74) is 1.92. The molecule has 0 aliphatic carbocycles. The average Bonchev–Trinajstić information content (AvgIpc) is 2.94. The van der Waals surface area contributed by atoms with Crippen molar-refractivity contribution in [3.8, 4) is 11.3 Å². The van der Waals surface area contributed by atoms with Crippen molar-refractivity contribution in [2.45, 2.75) is 6.54 Å². The van der Waals surface area contributed by atoms with Gasteiger partial charge in [0, 0.05) is 16.7 Å². The zero-order valence-electron chi connectivity index (χ0n) is 12.9. The molecule has 2 aromatic rings. The molecular formula is C16H19ClN5O+. The lowest BCUT2D eigenvalue weighted by molar-refractivity contribution is -0.992. The highest BCUT2D eigenvalue weighted by atomic mass is 35.5. The van der Waals surface area contributed by atoms with Crippen molar-refractivity contribution >= 4 is 11.6 Å². The second kappa shape index (κ2) is 5.03. The fourth-order valence-corrected chi connectivity index (χ4v) is 4.41. The van der Waals surface area contributed by atoms with Crippen LogP contribution in [0, 0.1) is 0 Å². The van der Waals surface area contributed by atoms with Crippen molar-refractivity contribution in [1.29, 1.82) is 0 Å². The monoisotopic (exact) mass is 332 g/mol. The van der Waals surface area contributed by atoms with Crippen molar-refractivity contribution in [1.82, 2.24) is 19.9 Å². The molecule has 1 aromatic heterocycles. The quantitative estimate of drug-likeness (QED) is 0.803. The van der Waals surface area contributed by atoms with Gasteiger partial charge in [-0.05, 0) is 12.1 Å². The molecule has 6 nitrogen and oxygen atoms in total. The van der Waals surface area contributed by atoms with E-state index in [1.54, 1.807) is 0 Å². The standard InChI is InChI=1S/C16H19ClN5O/c17-14-3-1-13(2-4-14)16-5-15(23-18-16)6-22-10-19-7-20(11-22)9-21(8-19)12-22/h1-5H,6-12H2/q+1. The van der Waals surface area contributed by atoms with Crippen LogP contribution < -0.4 is 0 Å². The van der Waals surface area contributed by atoms with Crippen molar-refractivity contribution in [2.24, 2.45) is 0 Å². The van der Waals surface area contributed by atoms with Crippen LogP contribution in [0.5, 0.6) is 0 Å². The highest BCUT2D eigenvalue weighted by Crippen LogP contribution is 2.31. The topological polar surface area (TPSA) is 35.8 Å². The van der Waals surface area contributed by atoms with Crippen molar-refractivity contribution < 1.29 is 9.01 Å². The Kier molecular flexibility index (Phi) is 3.05. The fourth-order valence-electron chi connectivity index (χ4n) is 4.28. The van der Waals surface area contributed by atoms with Gasteiger partial charge in [-0.1, -0.05) is 28.9 Å². The number of hydrogen-bond donors (Lipinski definition) is 0. The van der Waals surface area contributed by atoms with Gasteiger partial charge in [0.05, 0.1) is 20.0 Å². The van der Waals surface area contributed by atoms with Gasteiger partial charge in [0.15, 0.2) is 5.76 Å². The molecule has 4 aliphatic rings. The maximum absolute atomic E-state index is 5.95. The first-order valence-electron chi connectivity index (χ1n) is 7.91. The molecule has 4 saturated heterocycles. The van der Waals surface area contributed by atoms with Crippen LogP contribution in [0.3, 0.4) is 0 Å². The van der Waals surface area contributed by atoms with E-state index < -0.39 is 0 Å². The molecule has 0 N–H and O–H groups in total. The molecule has 4 fully saturated rings. The predicted molar refractivity (Wildman–Crippen MR) is 85.6 cm³/mol. The minimum Gasteiger partial charge on any atom is -0.355 e. The van der Waals surface area contributed by atoms with Crippen LogP contribution in [-0.4, -0.2) is 64.4 Å². The molecule has 6 rings (SSSR count). The largest absolute Gasteiger partial charge is 0.355 e. The highest BCUT2D eigenvalue weighted by Gasteiger charge is 2.48. The fraction of sp³-hybridized carbons (Fsp3) is 0.438. The maximum Gasteiger partial charge on any atom is 0.191 e. The minimum absolute atomic E-state index is 0.736. The van der Waals surface area contributed by atoms with Crippen LogP contribution in [0.15, 0.2) is 34.9 Å². The zero-order chi connectivity index (χ0) is 15.4.